The smallest absolute Gasteiger partial charge is 0.342 e. The fraction of sp³-hybridized carbons (Fsp3) is 0.357. The van der Waals surface area contributed by atoms with Crippen LogP contribution in [0.1, 0.15) is 55.2 Å². The molecule has 8 heterocycles. The quantitative estimate of drug-likeness (QED) is 0.133. The Morgan fingerprint density at radius 2 is 1.87 bits per heavy atom. The van der Waals surface area contributed by atoms with Gasteiger partial charge in [-0.1, -0.05) is 12.2 Å². The van der Waals surface area contributed by atoms with Crippen LogP contribution >= 0.6 is 0 Å². The lowest BCUT2D eigenvalue weighted by Gasteiger charge is -2.47. The van der Waals surface area contributed by atoms with E-state index in [1.54, 1.807) is 19.1 Å². The average Bonchev–Trinajstić information content (AvgIpc) is 3.41. The molecule has 6 atom stereocenters. The third-order valence-electron chi connectivity index (χ3n) is 11.9. The molecule has 2 saturated heterocycles. The molecule has 4 aromatic rings. The first-order chi connectivity index (χ1) is 26.4. The topological polar surface area (TPSA) is 192 Å². The zero-order valence-electron chi connectivity index (χ0n) is 30.6. The third kappa shape index (κ3) is 5.35. The molecule has 0 saturated carbocycles. The van der Waals surface area contributed by atoms with Crippen LogP contribution in [0.5, 0.6) is 11.5 Å². The average molecular weight is 741 g/mol. The number of aromatic hydroxyl groups is 1. The van der Waals surface area contributed by atoms with E-state index < -0.39 is 29.2 Å². The maximum absolute atomic E-state index is 14.3. The Bertz CT molecular complexity index is 2540. The lowest BCUT2D eigenvalue weighted by Crippen LogP contribution is -2.55. The Morgan fingerprint density at radius 3 is 2.71 bits per heavy atom. The molecule has 1 unspecified atom stereocenters. The van der Waals surface area contributed by atoms with E-state index in [0.717, 1.165) is 28.1 Å². The van der Waals surface area contributed by atoms with Crippen LogP contribution in [0.15, 0.2) is 86.8 Å². The van der Waals surface area contributed by atoms with E-state index in [9.17, 15) is 14.7 Å². The summed E-state index contributed by atoms with van der Waals surface area (Å²) in [6.45, 7) is 6.72. The van der Waals surface area contributed by atoms with Crippen molar-refractivity contribution in [3.63, 3.8) is 0 Å². The summed E-state index contributed by atoms with van der Waals surface area (Å²) in [6, 6.07) is 10.6. The number of pyridine rings is 2. The van der Waals surface area contributed by atoms with Gasteiger partial charge in [0.05, 0.1) is 36.3 Å². The minimum atomic E-state index is -1.14. The predicted molar refractivity (Wildman–Crippen MR) is 204 cm³/mol. The predicted octanol–water partition coefficient (Wildman–Crippen LogP) is 5.24. The number of fused-ring (bicyclic) bond motifs is 9. The van der Waals surface area contributed by atoms with Crippen molar-refractivity contribution in [2.75, 3.05) is 18.0 Å². The van der Waals surface area contributed by atoms with Crippen molar-refractivity contribution in [1.82, 2.24) is 14.9 Å². The lowest BCUT2D eigenvalue weighted by molar-refractivity contribution is -0.176. The number of carbonyl (C=O) groups excluding carboxylic acids is 1. The molecule has 0 radical (unpaired) electrons. The molecule has 1 aliphatic carbocycles. The highest BCUT2D eigenvalue weighted by Gasteiger charge is 2.70. The summed E-state index contributed by atoms with van der Waals surface area (Å²) in [5.74, 6) is 0.162. The van der Waals surface area contributed by atoms with E-state index in [-0.39, 0.29) is 40.1 Å². The lowest BCUT2D eigenvalue weighted by atomic mass is 9.71. The number of rotatable bonds is 6. The number of aliphatic imine (C=N–C) groups is 1. The number of aryl methyl sites for hydroxylation is 2. The second-order valence-electron chi connectivity index (χ2n) is 16.1. The minimum Gasteiger partial charge on any atom is -0.507 e. The first-order valence-electron chi connectivity index (χ1n) is 18.7. The van der Waals surface area contributed by atoms with Crippen molar-refractivity contribution in [3.8, 4) is 22.8 Å². The largest absolute Gasteiger partial charge is 0.507 e. The van der Waals surface area contributed by atoms with Gasteiger partial charge in [-0.25, -0.2) is 14.8 Å². The van der Waals surface area contributed by atoms with Gasteiger partial charge in [0.1, 0.15) is 51.6 Å². The number of esters is 1. The van der Waals surface area contributed by atoms with Crippen LogP contribution < -0.4 is 21.6 Å². The van der Waals surface area contributed by atoms with Gasteiger partial charge in [-0.05, 0) is 81.9 Å². The van der Waals surface area contributed by atoms with Gasteiger partial charge in [-0.3, -0.25) is 9.79 Å². The van der Waals surface area contributed by atoms with Crippen LogP contribution in [0, 0.1) is 18.8 Å². The van der Waals surface area contributed by atoms with Crippen molar-refractivity contribution in [2.24, 2.45) is 16.8 Å². The summed E-state index contributed by atoms with van der Waals surface area (Å²) < 4.78 is 25.0. The normalized spacial score (nSPS) is 27.9. The van der Waals surface area contributed by atoms with Gasteiger partial charge in [-0.15, -0.1) is 0 Å². The number of allylic oxidation sites excluding steroid dienone is 2. The second kappa shape index (κ2) is 11.8. The minimum absolute atomic E-state index is 0.0867. The molecular formula is C42H40N6O7. The molecule has 2 bridgehead atoms. The molecule has 0 amide bonds. The number of phenolic OH excluding ortho intramolecular Hbond substituents is 1. The summed E-state index contributed by atoms with van der Waals surface area (Å²) in [5.41, 5.74) is 16.3. The van der Waals surface area contributed by atoms with Crippen molar-refractivity contribution in [3.05, 3.63) is 105 Å². The monoisotopic (exact) mass is 740 g/mol. The first kappa shape index (κ1) is 33.6. The number of hydrogen-bond donors (Lipinski definition) is 3. The van der Waals surface area contributed by atoms with Gasteiger partial charge < -0.3 is 40.1 Å². The molecule has 1 aromatic carbocycles. The molecular weight excluding hydrogens is 700 g/mol. The van der Waals surface area contributed by atoms with Crippen LogP contribution in [0.2, 0.25) is 0 Å². The van der Waals surface area contributed by atoms with Crippen molar-refractivity contribution >= 4 is 34.3 Å². The molecule has 5 N–H and O–H groups in total. The Labute approximate surface area is 316 Å². The molecule has 2 fully saturated rings. The maximum Gasteiger partial charge on any atom is 0.342 e. The zero-order chi connectivity index (χ0) is 38.0. The molecule has 10 rings (SSSR count). The van der Waals surface area contributed by atoms with E-state index in [2.05, 4.69) is 38.2 Å². The van der Waals surface area contributed by atoms with Crippen molar-refractivity contribution < 1.29 is 28.5 Å². The fourth-order valence-electron chi connectivity index (χ4n) is 9.46. The summed E-state index contributed by atoms with van der Waals surface area (Å²) in [6.07, 6.45) is 10.6. The molecule has 6 aliphatic rings. The van der Waals surface area contributed by atoms with Gasteiger partial charge in [0.25, 0.3) is 0 Å². The van der Waals surface area contributed by atoms with Crippen LogP contribution in [0.25, 0.3) is 22.2 Å². The molecule has 13 heteroatoms. The SMILES string of the molecule is Cc1cc(=O)c2c(O)c3c(cc2o1)OC(C)(C)C1OC(=O)[C@]2(O[C@@H]2CCc2cc(N)nc(-c4cc(N)nc(CN5C=C6C=CN=C6C5)c4)c2)[C@@H]2C=C[C@H](C2)[C@@H]31. The summed E-state index contributed by atoms with van der Waals surface area (Å²) >= 11 is 0. The van der Waals surface area contributed by atoms with Gasteiger partial charge in [0, 0.05) is 53.1 Å². The third-order valence-corrected chi connectivity index (χ3v) is 11.9. The highest BCUT2D eigenvalue weighted by Crippen LogP contribution is 2.60. The fourth-order valence-corrected chi connectivity index (χ4v) is 9.46. The Balaban J connectivity index is 0.891. The maximum atomic E-state index is 14.3. The summed E-state index contributed by atoms with van der Waals surface area (Å²) in [4.78, 5) is 43.1. The number of anilines is 2. The standard InChI is InChI=1S/C42H40N6O7/c1-20-10-29(49)36-30(52-20)16-31-37(38(36)50)35-22-5-6-25(13-22)42(40(51)53-39(35)41(2,3)54-31)32(55-42)7-4-21-11-27(47-33(43)12-21)24-14-26(46-34(44)15-24)18-48-17-23-8-9-45-28(23)19-48/h5-6,8-12,14-17,22,25,32,35,39,50H,4,7,13,18-19H2,1-3H3,(H2,43,47)(H2,44,46)/t22-,25-,32-,35+,39?,42+/m1/s1. The Hall–Kier alpha value is -5.95. The van der Waals surface area contributed by atoms with Gasteiger partial charge in [-0.2, -0.15) is 0 Å². The summed E-state index contributed by atoms with van der Waals surface area (Å²) in [7, 11) is 0. The van der Waals surface area contributed by atoms with Crippen LogP contribution in [0.4, 0.5) is 11.6 Å². The number of epoxide rings is 1. The molecule has 1 spiro atoms. The number of hydrogen-bond acceptors (Lipinski definition) is 13. The molecule has 13 nitrogen and oxygen atoms in total. The molecule has 280 valence electrons. The van der Waals surface area contributed by atoms with Gasteiger partial charge in [0.15, 0.2) is 11.0 Å². The van der Waals surface area contributed by atoms with Crippen molar-refractivity contribution in [1.29, 1.82) is 0 Å². The van der Waals surface area contributed by atoms with E-state index in [0.29, 0.717) is 66.8 Å². The highest BCUT2D eigenvalue weighted by atomic mass is 16.7. The number of phenols is 1. The molecule has 55 heavy (non-hydrogen) atoms. The molecule has 5 aliphatic heterocycles. The van der Waals surface area contributed by atoms with E-state index in [1.807, 2.05) is 44.3 Å². The number of nitrogens with two attached hydrogens (primary N) is 2. The Morgan fingerprint density at radius 1 is 1.04 bits per heavy atom. The number of carbonyl (C=O) groups is 1. The molecule has 3 aromatic heterocycles. The Kier molecular flexibility index (Phi) is 7.19. The van der Waals surface area contributed by atoms with Crippen molar-refractivity contribution in [2.45, 2.75) is 75.9 Å². The van der Waals surface area contributed by atoms with Crippen LogP contribution in [-0.2, 0) is 27.2 Å². The van der Waals surface area contributed by atoms with E-state index in [4.69, 9.17) is 30.1 Å². The van der Waals surface area contributed by atoms with E-state index in [1.165, 1.54) is 6.07 Å². The highest BCUT2D eigenvalue weighted by molar-refractivity contribution is 6.07. The second-order valence-corrected chi connectivity index (χ2v) is 16.1. The van der Waals surface area contributed by atoms with Gasteiger partial charge in [0.2, 0.25) is 0 Å². The number of aromatic nitrogens is 2. The number of nitrogen functional groups attached to an aromatic ring is 2. The van der Waals surface area contributed by atoms with Crippen LogP contribution in [-0.4, -0.2) is 61.6 Å². The first-order valence-corrected chi connectivity index (χ1v) is 18.7. The number of nitrogens with zero attached hydrogens (tertiary/aromatic N) is 4. The van der Waals surface area contributed by atoms with E-state index >= 15 is 0 Å². The van der Waals surface area contributed by atoms with Crippen LogP contribution in [0.3, 0.4) is 0 Å². The number of ether oxygens (including phenoxy) is 3. The summed E-state index contributed by atoms with van der Waals surface area (Å²) in [5, 5.41) is 11.7. The van der Waals surface area contributed by atoms with Gasteiger partial charge >= 0.3 is 5.97 Å². The number of benzene rings is 1. The zero-order valence-corrected chi connectivity index (χ0v) is 30.6.